The summed E-state index contributed by atoms with van der Waals surface area (Å²) in [5, 5.41) is 4.22. The van der Waals surface area contributed by atoms with Gasteiger partial charge in [0.2, 0.25) is 0 Å². The fourth-order valence-electron chi connectivity index (χ4n) is 8.38. The third-order valence-corrected chi connectivity index (χ3v) is 11.8. The van der Waals surface area contributed by atoms with E-state index in [9.17, 15) is 9.18 Å². The zero-order valence-electron chi connectivity index (χ0n) is 29.2. The summed E-state index contributed by atoms with van der Waals surface area (Å²) in [6.07, 6.45) is 5.46. The molecule has 0 radical (unpaired) electrons. The SMILES string of the molecule is COc1ccc(CCn2cnc3cc(NC(=N[C@H]4C[C@H]5C[C@H]([C@H]4C)C5(C)C)N4CCN(CCc5ccccc5)CC4)ccc3c2=O)c(F)c1. The van der Waals surface area contributed by atoms with Crippen molar-refractivity contribution in [1.29, 1.82) is 0 Å². The molecule has 1 aromatic heterocycles. The van der Waals surface area contributed by atoms with Crippen LogP contribution < -0.4 is 15.6 Å². The van der Waals surface area contributed by atoms with Crippen LogP contribution in [0.2, 0.25) is 0 Å². The van der Waals surface area contributed by atoms with Gasteiger partial charge in [-0.2, -0.15) is 0 Å². The van der Waals surface area contributed by atoms with Crippen LogP contribution in [0.15, 0.2) is 82.8 Å². The number of aromatic nitrogens is 2. The van der Waals surface area contributed by atoms with Crippen molar-refractivity contribution in [2.75, 3.05) is 45.2 Å². The number of rotatable bonds is 9. The Hall–Kier alpha value is -4.24. The molecule has 3 saturated carbocycles. The highest BCUT2D eigenvalue weighted by Crippen LogP contribution is 2.61. The fourth-order valence-corrected chi connectivity index (χ4v) is 8.38. The number of nitrogens with one attached hydrogen (secondary N) is 1. The van der Waals surface area contributed by atoms with Gasteiger partial charge < -0.3 is 15.0 Å². The van der Waals surface area contributed by atoms with Crippen LogP contribution in [0.25, 0.3) is 10.9 Å². The van der Waals surface area contributed by atoms with Crippen molar-refractivity contribution in [3.05, 3.63) is 100 Å². The van der Waals surface area contributed by atoms with Gasteiger partial charge in [0.25, 0.3) is 5.56 Å². The summed E-state index contributed by atoms with van der Waals surface area (Å²) in [4.78, 5) is 28.5. The second-order valence-electron chi connectivity index (χ2n) is 14.8. The van der Waals surface area contributed by atoms with E-state index < -0.39 is 0 Å². The molecular weight excluding hydrogens is 615 g/mol. The Labute approximate surface area is 289 Å². The Morgan fingerprint density at radius 3 is 2.51 bits per heavy atom. The third-order valence-electron chi connectivity index (χ3n) is 11.8. The Morgan fingerprint density at radius 1 is 1.00 bits per heavy atom. The van der Waals surface area contributed by atoms with Crippen LogP contribution in [0.4, 0.5) is 10.1 Å². The van der Waals surface area contributed by atoms with Gasteiger partial charge in [-0.3, -0.25) is 14.3 Å². The zero-order chi connectivity index (χ0) is 34.1. The molecule has 2 bridgehead atoms. The molecule has 8 rings (SSSR count). The molecule has 0 spiro atoms. The minimum absolute atomic E-state index is 0.135. The molecule has 4 aliphatic rings. The van der Waals surface area contributed by atoms with Gasteiger partial charge >= 0.3 is 0 Å². The zero-order valence-corrected chi connectivity index (χ0v) is 29.2. The summed E-state index contributed by atoms with van der Waals surface area (Å²) in [7, 11) is 1.51. The first-order valence-electron chi connectivity index (χ1n) is 17.9. The summed E-state index contributed by atoms with van der Waals surface area (Å²) in [6.45, 7) is 12.4. The molecule has 1 saturated heterocycles. The largest absolute Gasteiger partial charge is 0.497 e. The lowest BCUT2D eigenvalue weighted by atomic mass is 9.45. The Morgan fingerprint density at radius 2 is 1.80 bits per heavy atom. The van der Waals surface area contributed by atoms with E-state index in [1.165, 1.54) is 25.2 Å². The lowest BCUT2D eigenvalue weighted by molar-refractivity contribution is -0.108. The molecule has 0 amide bonds. The maximum Gasteiger partial charge on any atom is 0.261 e. The van der Waals surface area contributed by atoms with E-state index in [2.05, 4.69) is 71.2 Å². The van der Waals surface area contributed by atoms with Gasteiger partial charge in [0.15, 0.2) is 5.96 Å². The average Bonchev–Trinajstić information content (AvgIpc) is 3.11. The molecule has 3 aliphatic carbocycles. The van der Waals surface area contributed by atoms with Crippen molar-refractivity contribution < 1.29 is 9.13 Å². The normalized spacial score (nSPS) is 23.7. The highest BCUT2D eigenvalue weighted by atomic mass is 19.1. The van der Waals surface area contributed by atoms with Gasteiger partial charge in [0.05, 0.1) is 30.4 Å². The van der Waals surface area contributed by atoms with Crippen LogP contribution in [0.1, 0.15) is 44.7 Å². The number of piperazine rings is 1. The minimum atomic E-state index is -0.341. The van der Waals surface area contributed by atoms with Gasteiger partial charge in [0, 0.05) is 51.0 Å². The van der Waals surface area contributed by atoms with E-state index in [1.807, 2.05) is 18.2 Å². The highest BCUT2D eigenvalue weighted by Gasteiger charge is 2.56. The quantitative estimate of drug-likeness (QED) is 0.163. The van der Waals surface area contributed by atoms with E-state index >= 15 is 0 Å². The Kier molecular flexibility index (Phi) is 9.46. The second-order valence-corrected chi connectivity index (χ2v) is 14.8. The van der Waals surface area contributed by atoms with E-state index in [4.69, 9.17) is 9.73 Å². The molecule has 49 heavy (non-hydrogen) atoms. The molecular formula is C40H49FN6O2. The number of guanidine groups is 1. The number of hydrogen-bond acceptors (Lipinski definition) is 5. The lowest BCUT2D eigenvalue weighted by Gasteiger charge is -2.61. The van der Waals surface area contributed by atoms with Gasteiger partial charge in [-0.05, 0) is 84.2 Å². The first-order valence-corrected chi connectivity index (χ1v) is 17.9. The molecule has 1 N–H and O–H groups in total. The standard InChI is InChI=1S/C40H49FN6O2/c1-27-34-22-30(40(34,2)3)23-36(27)44-39(46-20-18-45(19-21-46)16-14-28-8-6-5-7-9-28)43-31-11-13-33-37(24-31)42-26-47(38(33)48)17-15-29-10-12-32(49-4)25-35(29)41/h5-13,24-27,30,34,36H,14-23H2,1-4H3,(H,43,44)/t27-,30-,34-,36+/m1/s1. The Bertz CT molecular complexity index is 1870. The minimum Gasteiger partial charge on any atom is -0.497 e. The van der Waals surface area contributed by atoms with Gasteiger partial charge in [-0.1, -0.05) is 57.2 Å². The van der Waals surface area contributed by atoms with Gasteiger partial charge in [0.1, 0.15) is 11.6 Å². The summed E-state index contributed by atoms with van der Waals surface area (Å²) in [6, 6.07) is 21.6. The predicted octanol–water partition coefficient (Wildman–Crippen LogP) is 6.49. The molecule has 2 heterocycles. The number of aliphatic imine (C=N–C) groups is 1. The molecule has 258 valence electrons. The first-order chi connectivity index (χ1) is 23.7. The van der Waals surface area contributed by atoms with E-state index in [1.54, 1.807) is 23.0 Å². The van der Waals surface area contributed by atoms with Crippen molar-refractivity contribution in [2.24, 2.45) is 28.2 Å². The molecule has 8 nitrogen and oxygen atoms in total. The number of anilines is 1. The molecule has 0 unspecified atom stereocenters. The molecule has 4 fully saturated rings. The number of nitrogens with zero attached hydrogens (tertiary/aromatic N) is 5. The van der Waals surface area contributed by atoms with E-state index in [-0.39, 0.29) is 17.4 Å². The third kappa shape index (κ3) is 6.95. The van der Waals surface area contributed by atoms with E-state index in [0.717, 1.165) is 63.1 Å². The van der Waals surface area contributed by atoms with Gasteiger partial charge in [-0.15, -0.1) is 0 Å². The monoisotopic (exact) mass is 664 g/mol. The van der Waals surface area contributed by atoms with Crippen molar-refractivity contribution in [1.82, 2.24) is 19.4 Å². The number of methoxy groups -OCH3 is 1. The van der Waals surface area contributed by atoms with E-state index in [0.29, 0.717) is 52.4 Å². The number of aryl methyl sites for hydroxylation is 2. The average molecular weight is 665 g/mol. The summed E-state index contributed by atoms with van der Waals surface area (Å²) in [5.74, 6) is 3.03. The Balaban J connectivity index is 1.07. The van der Waals surface area contributed by atoms with Crippen LogP contribution in [0.5, 0.6) is 5.75 Å². The van der Waals surface area contributed by atoms with Crippen LogP contribution >= 0.6 is 0 Å². The molecule has 3 aromatic carbocycles. The number of ether oxygens (including phenoxy) is 1. The summed E-state index contributed by atoms with van der Waals surface area (Å²) >= 11 is 0. The van der Waals surface area contributed by atoms with Crippen molar-refractivity contribution in [2.45, 2.75) is 59.0 Å². The number of benzene rings is 3. The molecule has 9 heteroatoms. The lowest BCUT2D eigenvalue weighted by Crippen LogP contribution is -2.57. The van der Waals surface area contributed by atoms with Crippen molar-refractivity contribution >= 4 is 22.5 Å². The topological polar surface area (TPSA) is 75.0 Å². The highest BCUT2D eigenvalue weighted by molar-refractivity contribution is 5.96. The number of halogens is 1. The number of hydrogen-bond donors (Lipinski definition) is 1. The molecule has 1 aliphatic heterocycles. The maximum absolute atomic E-state index is 14.5. The summed E-state index contributed by atoms with van der Waals surface area (Å²) < 4.78 is 21.2. The van der Waals surface area contributed by atoms with Crippen molar-refractivity contribution in [3.8, 4) is 5.75 Å². The van der Waals surface area contributed by atoms with Crippen LogP contribution in [-0.4, -0.2) is 71.2 Å². The maximum atomic E-state index is 14.5. The first kappa shape index (κ1) is 33.3. The van der Waals surface area contributed by atoms with Crippen LogP contribution in [-0.2, 0) is 19.4 Å². The van der Waals surface area contributed by atoms with Crippen LogP contribution in [0, 0.1) is 29.0 Å². The summed E-state index contributed by atoms with van der Waals surface area (Å²) in [5.41, 5.74) is 3.68. The smallest absolute Gasteiger partial charge is 0.261 e. The fraction of sp³-hybridized carbons (Fsp3) is 0.475. The van der Waals surface area contributed by atoms with Crippen molar-refractivity contribution in [3.63, 3.8) is 0 Å². The second kappa shape index (κ2) is 13.9. The van der Waals surface area contributed by atoms with Gasteiger partial charge in [-0.25, -0.2) is 14.4 Å². The molecule has 4 atom stereocenters. The predicted molar refractivity (Wildman–Crippen MR) is 195 cm³/mol. The molecule has 4 aromatic rings. The number of fused-ring (bicyclic) bond motifs is 3. The van der Waals surface area contributed by atoms with Crippen LogP contribution in [0.3, 0.4) is 0 Å².